The van der Waals surface area contributed by atoms with Crippen molar-refractivity contribution in [2.24, 2.45) is 0 Å². The minimum absolute atomic E-state index is 0.760. The van der Waals surface area contributed by atoms with Crippen molar-refractivity contribution in [1.29, 1.82) is 0 Å². The Labute approximate surface area is 127 Å². The minimum atomic E-state index is 0.760. The number of thiazole rings is 1. The van der Waals surface area contributed by atoms with Crippen LogP contribution in [0.5, 0.6) is 0 Å². The highest BCUT2D eigenvalue weighted by molar-refractivity contribution is 7.09. The molecule has 0 bridgehead atoms. The maximum atomic E-state index is 4.73. The quantitative estimate of drug-likeness (QED) is 0.782. The van der Waals surface area contributed by atoms with Crippen molar-refractivity contribution >= 4 is 11.3 Å². The summed E-state index contributed by atoms with van der Waals surface area (Å²) in [4.78, 5) is 9.63. The molecular formula is C15H28N4S. The van der Waals surface area contributed by atoms with E-state index in [0.29, 0.717) is 0 Å². The summed E-state index contributed by atoms with van der Waals surface area (Å²) in [5.41, 5.74) is 1.24. The molecule has 2 rings (SSSR count). The Morgan fingerprint density at radius 2 is 2.15 bits per heavy atom. The molecule has 0 aliphatic carbocycles. The van der Waals surface area contributed by atoms with Gasteiger partial charge in [0.15, 0.2) is 0 Å². The number of hydrogen-bond donors (Lipinski definition) is 1. The molecule has 1 aromatic heterocycles. The van der Waals surface area contributed by atoms with Crippen LogP contribution in [0.1, 0.15) is 36.9 Å². The molecule has 1 N–H and O–H groups in total. The van der Waals surface area contributed by atoms with Gasteiger partial charge in [0.1, 0.15) is 5.01 Å². The Morgan fingerprint density at radius 3 is 2.80 bits per heavy atom. The van der Waals surface area contributed by atoms with Crippen LogP contribution in [-0.4, -0.2) is 54.6 Å². The highest BCUT2D eigenvalue weighted by atomic mass is 32.1. The molecule has 1 aromatic rings. The Kier molecular flexibility index (Phi) is 6.42. The standard InChI is InChI=1S/C15H28N4S/c1-4-7-16-10-15-17-13(12-20-15)11-19-8-5-14(6-9-19)18(2)3/h12,14,16H,4-11H2,1-3H3. The molecule has 4 nitrogen and oxygen atoms in total. The summed E-state index contributed by atoms with van der Waals surface area (Å²) in [7, 11) is 4.38. The van der Waals surface area contributed by atoms with E-state index in [1.807, 2.05) is 0 Å². The maximum Gasteiger partial charge on any atom is 0.107 e. The zero-order valence-electron chi connectivity index (χ0n) is 13.1. The molecule has 0 spiro atoms. The summed E-state index contributed by atoms with van der Waals surface area (Å²) in [5.74, 6) is 0. The third kappa shape index (κ3) is 4.81. The number of hydrogen-bond acceptors (Lipinski definition) is 5. The van der Waals surface area contributed by atoms with Gasteiger partial charge >= 0.3 is 0 Å². The molecule has 2 heterocycles. The topological polar surface area (TPSA) is 31.4 Å². The van der Waals surface area contributed by atoms with Crippen LogP contribution in [0.3, 0.4) is 0 Å². The monoisotopic (exact) mass is 296 g/mol. The van der Waals surface area contributed by atoms with Gasteiger partial charge in [0.05, 0.1) is 5.69 Å². The average molecular weight is 296 g/mol. The molecular weight excluding hydrogens is 268 g/mol. The Hall–Kier alpha value is -0.490. The first kappa shape index (κ1) is 15.9. The lowest BCUT2D eigenvalue weighted by molar-refractivity contribution is 0.139. The van der Waals surface area contributed by atoms with Gasteiger partial charge in [-0.05, 0) is 39.9 Å². The molecule has 114 valence electrons. The lowest BCUT2D eigenvalue weighted by Crippen LogP contribution is -2.41. The van der Waals surface area contributed by atoms with Crippen LogP contribution in [0, 0.1) is 0 Å². The van der Waals surface area contributed by atoms with Crippen LogP contribution in [0.25, 0.3) is 0 Å². The van der Waals surface area contributed by atoms with E-state index < -0.39 is 0 Å². The van der Waals surface area contributed by atoms with Crippen LogP contribution in [0.4, 0.5) is 0 Å². The molecule has 1 aliphatic rings. The number of aromatic nitrogens is 1. The van der Waals surface area contributed by atoms with Crippen molar-refractivity contribution in [3.8, 4) is 0 Å². The third-order valence-corrected chi connectivity index (χ3v) is 4.87. The van der Waals surface area contributed by atoms with E-state index in [2.05, 4.69) is 41.5 Å². The fraction of sp³-hybridized carbons (Fsp3) is 0.800. The van der Waals surface area contributed by atoms with Crippen molar-refractivity contribution in [2.75, 3.05) is 33.7 Å². The van der Waals surface area contributed by atoms with Crippen LogP contribution >= 0.6 is 11.3 Å². The maximum absolute atomic E-state index is 4.73. The highest BCUT2D eigenvalue weighted by Crippen LogP contribution is 2.17. The van der Waals surface area contributed by atoms with Gasteiger partial charge in [-0.2, -0.15) is 0 Å². The highest BCUT2D eigenvalue weighted by Gasteiger charge is 2.20. The second kappa shape index (κ2) is 8.08. The normalized spacial score (nSPS) is 18.0. The number of nitrogens with one attached hydrogen (secondary N) is 1. The van der Waals surface area contributed by atoms with Gasteiger partial charge in [0.2, 0.25) is 0 Å². The second-order valence-corrected chi connectivity index (χ2v) is 6.82. The first-order chi connectivity index (χ1) is 9.69. The number of rotatable bonds is 7. The molecule has 1 saturated heterocycles. The van der Waals surface area contributed by atoms with Crippen LogP contribution in [0.2, 0.25) is 0 Å². The van der Waals surface area contributed by atoms with E-state index in [1.54, 1.807) is 11.3 Å². The SMILES string of the molecule is CCCNCc1nc(CN2CCC(N(C)C)CC2)cs1. The fourth-order valence-electron chi connectivity index (χ4n) is 2.70. The van der Waals surface area contributed by atoms with Crippen LogP contribution in [0.15, 0.2) is 5.38 Å². The van der Waals surface area contributed by atoms with E-state index in [1.165, 1.54) is 43.1 Å². The van der Waals surface area contributed by atoms with Gasteiger partial charge in [-0.1, -0.05) is 6.92 Å². The smallest absolute Gasteiger partial charge is 0.107 e. The van der Waals surface area contributed by atoms with Gasteiger partial charge in [-0.25, -0.2) is 4.98 Å². The molecule has 1 aliphatic heterocycles. The lowest BCUT2D eigenvalue weighted by Gasteiger charge is -2.34. The van der Waals surface area contributed by atoms with Crippen molar-refractivity contribution in [3.63, 3.8) is 0 Å². The first-order valence-corrected chi connectivity index (χ1v) is 8.59. The van der Waals surface area contributed by atoms with E-state index in [0.717, 1.165) is 25.7 Å². The summed E-state index contributed by atoms with van der Waals surface area (Å²) in [6.45, 7) is 7.60. The Morgan fingerprint density at radius 1 is 1.40 bits per heavy atom. The summed E-state index contributed by atoms with van der Waals surface area (Å²) in [5, 5.41) is 6.86. The van der Waals surface area contributed by atoms with Crippen molar-refractivity contribution in [2.45, 2.75) is 45.3 Å². The van der Waals surface area contributed by atoms with Gasteiger partial charge in [-0.3, -0.25) is 4.90 Å². The Bertz CT molecular complexity index is 383. The van der Waals surface area contributed by atoms with Crippen LogP contribution < -0.4 is 5.32 Å². The molecule has 0 aromatic carbocycles. The van der Waals surface area contributed by atoms with E-state index in [9.17, 15) is 0 Å². The predicted octanol–water partition coefficient (Wildman–Crippen LogP) is 2.17. The van der Waals surface area contributed by atoms with Crippen molar-refractivity contribution in [1.82, 2.24) is 20.1 Å². The lowest BCUT2D eigenvalue weighted by atomic mass is 10.0. The number of piperidine rings is 1. The summed E-state index contributed by atoms with van der Waals surface area (Å²) < 4.78 is 0. The first-order valence-electron chi connectivity index (χ1n) is 7.71. The number of nitrogens with zero attached hydrogens (tertiary/aromatic N) is 3. The van der Waals surface area contributed by atoms with Crippen molar-refractivity contribution in [3.05, 3.63) is 16.1 Å². The minimum Gasteiger partial charge on any atom is -0.310 e. The second-order valence-electron chi connectivity index (χ2n) is 5.88. The molecule has 0 saturated carbocycles. The predicted molar refractivity (Wildman–Crippen MR) is 86.1 cm³/mol. The third-order valence-electron chi connectivity index (χ3n) is 3.98. The summed E-state index contributed by atoms with van der Waals surface area (Å²) in [6.07, 6.45) is 3.74. The molecule has 0 amide bonds. The van der Waals surface area contributed by atoms with Gasteiger partial charge in [0.25, 0.3) is 0 Å². The molecule has 5 heteroatoms. The van der Waals surface area contributed by atoms with Gasteiger partial charge < -0.3 is 10.2 Å². The van der Waals surface area contributed by atoms with Crippen LogP contribution in [-0.2, 0) is 13.1 Å². The zero-order valence-corrected chi connectivity index (χ0v) is 13.9. The van der Waals surface area contributed by atoms with E-state index in [4.69, 9.17) is 4.98 Å². The average Bonchev–Trinajstić information content (AvgIpc) is 2.87. The number of likely N-dealkylation sites (tertiary alicyclic amines) is 1. The molecule has 0 atom stereocenters. The fourth-order valence-corrected chi connectivity index (χ4v) is 3.45. The largest absolute Gasteiger partial charge is 0.310 e. The van der Waals surface area contributed by atoms with E-state index >= 15 is 0 Å². The summed E-state index contributed by atoms with van der Waals surface area (Å²) in [6, 6.07) is 0.760. The molecule has 0 radical (unpaired) electrons. The molecule has 0 unspecified atom stereocenters. The summed E-state index contributed by atoms with van der Waals surface area (Å²) >= 11 is 1.79. The van der Waals surface area contributed by atoms with Gasteiger partial charge in [0, 0.05) is 37.6 Å². The van der Waals surface area contributed by atoms with E-state index in [-0.39, 0.29) is 0 Å². The Balaban J connectivity index is 1.74. The van der Waals surface area contributed by atoms with Gasteiger partial charge in [-0.15, -0.1) is 11.3 Å². The zero-order chi connectivity index (χ0) is 14.4. The molecule has 20 heavy (non-hydrogen) atoms. The molecule has 1 fully saturated rings. The van der Waals surface area contributed by atoms with Crippen molar-refractivity contribution < 1.29 is 0 Å².